The number of hydrogen-bond donors (Lipinski definition) is 3. The minimum absolute atomic E-state index is 0.0176. The van der Waals surface area contributed by atoms with Crippen molar-refractivity contribution in [1.29, 1.82) is 0 Å². The SMILES string of the molecule is CCCCCCCCCCCCCCCCCCCCCCC/C=C/C(O)C(CO)NC(=O)CCCCCCCCCCCCCCCCCCC/C=C\C/C=C\CCCCCCCCCCCOC(=O)CCCCCCCCCCCCCCCCC. The van der Waals surface area contributed by atoms with Gasteiger partial charge in [-0.25, -0.2) is 0 Å². The number of allylic oxidation sites excluding steroid dienone is 5. The van der Waals surface area contributed by atoms with Crippen molar-refractivity contribution >= 4 is 11.9 Å². The Bertz CT molecular complexity index is 1430. The van der Waals surface area contributed by atoms with Crippen molar-refractivity contribution in [2.45, 2.75) is 463 Å². The number of carbonyl (C=O) groups excluding carboxylic acids is 2. The Morgan fingerprint density at radius 3 is 0.864 bits per heavy atom. The van der Waals surface area contributed by atoms with E-state index >= 15 is 0 Å². The summed E-state index contributed by atoms with van der Waals surface area (Å²) in [5, 5.41) is 23.3. The van der Waals surface area contributed by atoms with Crippen LogP contribution in [0, 0.1) is 0 Å². The average Bonchev–Trinajstić information content (AvgIpc) is 3.58. The third kappa shape index (κ3) is 73.1. The second-order valence-corrected chi connectivity index (χ2v) is 27.8. The van der Waals surface area contributed by atoms with Crippen LogP contribution in [0.5, 0.6) is 0 Å². The molecule has 520 valence electrons. The highest BCUT2D eigenvalue weighted by molar-refractivity contribution is 5.76. The Hall–Kier alpha value is -1.92. The van der Waals surface area contributed by atoms with Gasteiger partial charge >= 0.3 is 5.97 Å². The van der Waals surface area contributed by atoms with Crippen molar-refractivity contribution < 1.29 is 24.5 Å². The van der Waals surface area contributed by atoms with E-state index in [1.165, 1.54) is 379 Å². The maximum absolute atomic E-state index is 12.6. The van der Waals surface area contributed by atoms with Gasteiger partial charge in [-0.1, -0.05) is 410 Å². The van der Waals surface area contributed by atoms with Gasteiger partial charge in [0.2, 0.25) is 5.91 Å². The summed E-state index contributed by atoms with van der Waals surface area (Å²) in [6.07, 6.45) is 101. The lowest BCUT2D eigenvalue weighted by Gasteiger charge is -2.20. The van der Waals surface area contributed by atoms with E-state index < -0.39 is 12.1 Å². The summed E-state index contributed by atoms with van der Waals surface area (Å²) in [5.41, 5.74) is 0. The molecular weight excluding hydrogens is 1080 g/mol. The highest BCUT2D eigenvalue weighted by atomic mass is 16.5. The quantitative estimate of drug-likeness (QED) is 0.0320. The summed E-state index contributed by atoms with van der Waals surface area (Å²) >= 11 is 0. The fourth-order valence-corrected chi connectivity index (χ4v) is 12.8. The molecule has 2 atom stereocenters. The van der Waals surface area contributed by atoms with Crippen LogP contribution in [0.15, 0.2) is 36.5 Å². The molecule has 0 aliphatic heterocycles. The molecule has 0 rings (SSSR count). The van der Waals surface area contributed by atoms with Gasteiger partial charge in [0.05, 0.1) is 25.4 Å². The molecule has 3 N–H and O–H groups in total. The van der Waals surface area contributed by atoms with E-state index in [2.05, 4.69) is 43.5 Å². The standard InChI is InChI=1S/C82H157NO5/c1-3-5-7-9-11-13-15-17-19-20-21-22-34-37-40-43-47-50-54-58-62-66-70-74-80(85)79(78-84)83-81(86)75-71-67-63-59-55-51-48-44-41-38-35-32-30-28-26-24-23-25-27-29-31-33-36-39-42-45-49-53-57-61-65-69-73-77-88-82(87)76-72-68-64-60-56-52-46-18-16-14-12-10-8-6-4-2/h27,29,33,36,70,74,79-80,84-85H,3-26,28,30-32,34-35,37-69,71-73,75-78H2,1-2H3,(H,83,86)/b29-27-,36-33-,74-70+. The van der Waals surface area contributed by atoms with E-state index in [0.717, 1.165) is 44.9 Å². The highest BCUT2D eigenvalue weighted by Crippen LogP contribution is 2.20. The van der Waals surface area contributed by atoms with E-state index in [1.54, 1.807) is 6.08 Å². The fraction of sp³-hybridized carbons (Fsp3) is 0.902. The summed E-state index contributed by atoms with van der Waals surface area (Å²) < 4.78 is 5.50. The first kappa shape index (κ1) is 86.1. The Balaban J connectivity index is 3.40. The normalized spacial score (nSPS) is 12.6. The molecule has 0 radical (unpaired) electrons. The summed E-state index contributed by atoms with van der Waals surface area (Å²) in [6.45, 7) is 4.95. The number of rotatable bonds is 76. The molecule has 0 bridgehead atoms. The minimum atomic E-state index is -0.845. The number of amides is 1. The molecule has 0 aromatic rings. The Morgan fingerprint density at radius 1 is 0.318 bits per heavy atom. The number of aliphatic hydroxyl groups excluding tert-OH is 2. The zero-order valence-corrected chi connectivity index (χ0v) is 59.7. The van der Waals surface area contributed by atoms with E-state index in [9.17, 15) is 19.8 Å². The van der Waals surface area contributed by atoms with Gasteiger partial charge in [0.1, 0.15) is 0 Å². The summed E-state index contributed by atoms with van der Waals surface area (Å²) in [6, 6.07) is -0.628. The van der Waals surface area contributed by atoms with Crippen molar-refractivity contribution in [1.82, 2.24) is 5.32 Å². The van der Waals surface area contributed by atoms with Gasteiger partial charge in [-0.2, -0.15) is 0 Å². The van der Waals surface area contributed by atoms with Gasteiger partial charge in [0.25, 0.3) is 0 Å². The van der Waals surface area contributed by atoms with Crippen LogP contribution in [0.4, 0.5) is 0 Å². The lowest BCUT2D eigenvalue weighted by atomic mass is 10.0. The molecule has 0 aliphatic carbocycles. The van der Waals surface area contributed by atoms with Crippen LogP contribution in [0.25, 0.3) is 0 Å². The number of carbonyl (C=O) groups is 2. The van der Waals surface area contributed by atoms with Gasteiger partial charge in [0.15, 0.2) is 0 Å². The molecule has 6 heteroatoms. The molecule has 0 heterocycles. The third-order valence-corrected chi connectivity index (χ3v) is 18.9. The van der Waals surface area contributed by atoms with Gasteiger partial charge < -0.3 is 20.3 Å². The lowest BCUT2D eigenvalue weighted by Crippen LogP contribution is -2.45. The molecule has 0 saturated carbocycles. The van der Waals surface area contributed by atoms with Crippen LogP contribution in [-0.4, -0.2) is 47.4 Å². The first-order valence-electron chi connectivity index (χ1n) is 40.3. The smallest absolute Gasteiger partial charge is 0.305 e. The Kier molecular flexibility index (Phi) is 75.8. The van der Waals surface area contributed by atoms with E-state index in [4.69, 9.17) is 4.74 Å². The molecule has 0 spiro atoms. The third-order valence-electron chi connectivity index (χ3n) is 18.9. The van der Waals surface area contributed by atoms with Gasteiger partial charge in [-0.05, 0) is 64.2 Å². The summed E-state index contributed by atoms with van der Waals surface area (Å²) in [7, 11) is 0. The van der Waals surface area contributed by atoms with Gasteiger partial charge in [-0.3, -0.25) is 9.59 Å². The minimum Gasteiger partial charge on any atom is -0.466 e. The second kappa shape index (κ2) is 77.5. The lowest BCUT2D eigenvalue weighted by molar-refractivity contribution is -0.143. The number of aliphatic hydroxyl groups is 2. The largest absolute Gasteiger partial charge is 0.466 e. The van der Waals surface area contributed by atoms with Crippen LogP contribution in [0.3, 0.4) is 0 Å². The number of hydrogen-bond acceptors (Lipinski definition) is 5. The van der Waals surface area contributed by atoms with Crippen LogP contribution < -0.4 is 5.32 Å². The average molecular weight is 1240 g/mol. The second-order valence-electron chi connectivity index (χ2n) is 27.8. The van der Waals surface area contributed by atoms with E-state index in [-0.39, 0.29) is 18.5 Å². The molecule has 2 unspecified atom stereocenters. The molecule has 0 fully saturated rings. The van der Waals surface area contributed by atoms with Crippen LogP contribution in [-0.2, 0) is 14.3 Å². The monoisotopic (exact) mass is 1240 g/mol. The molecule has 88 heavy (non-hydrogen) atoms. The zero-order chi connectivity index (χ0) is 63.5. The van der Waals surface area contributed by atoms with Crippen LogP contribution in [0.2, 0.25) is 0 Å². The molecular formula is C82H157NO5. The zero-order valence-electron chi connectivity index (χ0n) is 59.7. The molecule has 0 aromatic heterocycles. The van der Waals surface area contributed by atoms with E-state index in [1.807, 2.05) is 6.08 Å². The van der Waals surface area contributed by atoms with Crippen molar-refractivity contribution in [2.75, 3.05) is 13.2 Å². The number of nitrogens with one attached hydrogen (secondary N) is 1. The van der Waals surface area contributed by atoms with Crippen molar-refractivity contribution in [3.8, 4) is 0 Å². The maximum atomic E-state index is 12.6. The topological polar surface area (TPSA) is 95.9 Å². The predicted octanol–water partition coefficient (Wildman–Crippen LogP) is 26.6. The molecule has 0 aromatic carbocycles. The first-order valence-corrected chi connectivity index (χ1v) is 40.3. The predicted molar refractivity (Wildman–Crippen MR) is 389 cm³/mol. The molecule has 0 saturated heterocycles. The highest BCUT2D eigenvalue weighted by Gasteiger charge is 2.18. The van der Waals surface area contributed by atoms with Crippen molar-refractivity contribution in [2.24, 2.45) is 0 Å². The maximum Gasteiger partial charge on any atom is 0.305 e. The summed E-state index contributed by atoms with van der Waals surface area (Å²) in [5.74, 6) is -0.0436. The number of ether oxygens (including phenoxy) is 1. The van der Waals surface area contributed by atoms with Crippen molar-refractivity contribution in [3.63, 3.8) is 0 Å². The summed E-state index contributed by atoms with van der Waals surface area (Å²) in [4.78, 5) is 24.6. The van der Waals surface area contributed by atoms with Gasteiger partial charge in [-0.15, -0.1) is 0 Å². The molecule has 6 nitrogen and oxygen atoms in total. The Labute approximate surface area is 551 Å². The first-order chi connectivity index (χ1) is 43.5. The number of esters is 1. The Morgan fingerprint density at radius 2 is 0.568 bits per heavy atom. The van der Waals surface area contributed by atoms with Crippen LogP contribution in [0.1, 0.15) is 450 Å². The number of unbranched alkanes of at least 4 members (excludes halogenated alkanes) is 61. The fourth-order valence-electron chi connectivity index (χ4n) is 12.8. The molecule has 0 aliphatic rings. The van der Waals surface area contributed by atoms with Crippen LogP contribution >= 0.6 is 0 Å². The van der Waals surface area contributed by atoms with Gasteiger partial charge in [0, 0.05) is 12.8 Å². The van der Waals surface area contributed by atoms with E-state index in [0.29, 0.717) is 19.4 Å². The molecule has 1 amide bonds. The van der Waals surface area contributed by atoms with Crippen molar-refractivity contribution in [3.05, 3.63) is 36.5 Å².